The highest BCUT2D eigenvalue weighted by molar-refractivity contribution is 7.89. The van der Waals surface area contributed by atoms with Crippen LogP contribution in [0.1, 0.15) is 10.4 Å². The maximum Gasteiger partial charge on any atom is 0.242 e. The predicted molar refractivity (Wildman–Crippen MR) is 153 cm³/mol. The molecule has 0 N–H and O–H groups in total. The van der Waals surface area contributed by atoms with Gasteiger partial charge in [0, 0.05) is 44.6 Å². The highest BCUT2D eigenvalue weighted by Crippen LogP contribution is 2.33. The van der Waals surface area contributed by atoms with E-state index in [0.29, 0.717) is 68.5 Å². The smallest absolute Gasteiger partial charge is 0.242 e. The van der Waals surface area contributed by atoms with Gasteiger partial charge in [0.05, 0.1) is 38.3 Å². The lowest BCUT2D eigenvalue weighted by Gasteiger charge is -2.37. The molecule has 4 rings (SSSR count). The number of likely N-dealkylation sites (N-methyl/N-ethyl adjacent to an activating group) is 1. The number of ether oxygens (including phenoxy) is 3. The molecule has 0 aliphatic carbocycles. The number of thiophene rings is 1. The van der Waals surface area contributed by atoms with Crippen LogP contribution in [0.3, 0.4) is 0 Å². The Morgan fingerprint density at radius 2 is 1.62 bits per heavy atom. The monoisotopic (exact) mass is 573 g/mol. The highest BCUT2D eigenvalue weighted by atomic mass is 32.2. The molecular weight excluding hydrogens is 538 g/mol. The summed E-state index contributed by atoms with van der Waals surface area (Å²) in [5, 5.41) is 1.97. The Labute approximate surface area is 234 Å². The minimum Gasteiger partial charge on any atom is -0.495 e. The zero-order valence-electron chi connectivity index (χ0n) is 22.8. The van der Waals surface area contributed by atoms with E-state index in [4.69, 9.17) is 14.2 Å². The largest absolute Gasteiger partial charge is 0.495 e. The Morgan fingerprint density at radius 1 is 0.923 bits per heavy atom. The standard InChI is InChI=1S/C28H35N3O6S2/c1-29(12-11-21-7-9-26(36-3)27(18-21)37-4)39(33,34)23-8-10-25(35-2)24(20-23)30-13-15-31(16-14-30)28(32)19-22-6-5-17-38-22/h5-10,17-18,20H,11-16,19H2,1-4H3. The second-order valence-corrected chi connectivity index (χ2v) is 12.3. The number of anilines is 1. The molecule has 0 atom stereocenters. The number of carbonyl (C=O) groups is 1. The van der Waals surface area contributed by atoms with E-state index >= 15 is 0 Å². The molecule has 1 amide bonds. The number of hydrogen-bond donors (Lipinski definition) is 0. The van der Waals surface area contributed by atoms with E-state index < -0.39 is 10.0 Å². The van der Waals surface area contributed by atoms with Crippen molar-refractivity contribution >= 4 is 33.0 Å². The summed E-state index contributed by atoms with van der Waals surface area (Å²) in [6.45, 7) is 2.60. The molecule has 1 aliphatic heterocycles. The number of benzene rings is 2. The van der Waals surface area contributed by atoms with Crippen molar-refractivity contribution in [2.24, 2.45) is 0 Å². The average Bonchev–Trinajstić information content (AvgIpc) is 3.48. The highest BCUT2D eigenvalue weighted by Gasteiger charge is 2.27. The van der Waals surface area contributed by atoms with Crippen LogP contribution in [0.2, 0.25) is 0 Å². The van der Waals surface area contributed by atoms with Gasteiger partial charge < -0.3 is 24.0 Å². The van der Waals surface area contributed by atoms with Gasteiger partial charge in [0.15, 0.2) is 11.5 Å². The van der Waals surface area contributed by atoms with Gasteiger partial charge >= 0.3 is 0 Å². The summed E-state index contributed by atoms with van der Waals surface area (Å²) in [7, 11) is 2.56. The average molecular weight is 574 g/mol. The molecule has 39 heavy (non-hydrogen) atoms. The lowest BCUT2D eigenvalue weighted by atomic mass is 10.1. The van der Waals surface area contributed by atoms with Gasteiger partial charge in [0.1, 0.15) is 5.75 Å². The number of methoxy groups -OCH3 is 3. The maximum atomic E-state index is 13.5. The minimum absolute atomic E-state index is 0.108. The van der Waals surface area contributed by atoms with Crippen LogP contribution in [0.5, 0.6) is 17.2 Å². The number of carbonyl (C=O) groups excluding carboxylic acids is 1. The van der Waals surface area contributed by atoms with Crippen LogP contribution in [0.4, 0.5) is 5.69 Å². The number of sulfonamides is 1. The summed E-state index contributed by atoms with van der Waals surface area (Å²) in [4.78, 5) is 17.9. The van der Waals surface area contributed by atoms with E-state index in [1.165, 1.54) is 4.31 Å². The number of amides is 1. The molecule has 11 heteroatoms. The summed E-state index contributed by atoms with van der Waals surface area (Å²) in [5.74, 6) is 1.94. The lowest BCUT2D eigenvalue weighted by Crippen LogP contribution is -2.49. The number of nitrogens with zero attached hydrogens (tertiary/aromatic N) is 3. The van der Waals surface area contributed by atoms with Gasteiger partial charge in [0.25, 0.3) is 0 Å². The molecule has 0 bridgehead atoms. The summed E-state index contributed by atoms with van der Waals surface area (Å²) in [6, 6.07) is 14.4. The van der Waals surface area contributed by atoms with Gasteiger partial charge in [-0.25, -0.2) is 12.7 Å². The Hall–Kier alpha value is -3.28. The van der Waals surface area contributed by atoms with Crippen LogP contribution >= 0.6 is 11.3 Å². The molecule has 9 nitrogen and oxygen atoms in total. The molecule has 0 unspecified atom stereocenters. The molecule has 1 aliphatic rings. The van der Waals surface area contributed by atoms with Gasteiger partial charge in [-0.1, -0.05) is 12.1 Å². The van der Waals surface area contributed by atoms with E-state index in [9.17, 15) is 13.2 Å². The first-order valence-electron chi connectivity index (χ1n) is 12.7. The van der Waals surface area contributed by atoms with Crippen molar-refractivity contribution in [3.8, 4) is 17.2 Å². The molecule has 2 aromatic carbocycles. The molecule has 1 saturated heterocycles. The fourth-order valence-corrected chi connectivity index (χ4v) is 6.46. The van der Waals surface area contributed by atoms with E-state index in [2.05, 4.69) is 4.90 Å². The fourth-order valence-electron chi connectivity index (χ4n) is 4.57. The Morgan fingerprint density at radius 3 is 2.26 bits per heavy atom. The van der Waals surface area contributed by atoms with Crippen molar-refractivity contribution in [2.45, 2.75) is 17.7 Å². The second kappa shape index (κ2) is 12.7. The van der Waals surface area contributed by atoms with Gasteiger partial charge in [-0.05, 0) is 53.8 Å². The van der Waals surface area contributed by atoms with Crippen molar-refractivity contribution in [2.75, 3.05) is 66.0 Å². The SMILES string of the molecule is COc1ccc(CCN(C)S(=O)(=O)c2ccc(OC)c(N3CCN(C(=O)Cc4cccs4)CC3)c2)cc1OC. The van der Waals surface area contributed by atoms with E-state index in [0.717, 1.165) is 10.4 Å². The molecule has 0 spiro atoms. The van der Waals surface area contributed by atoms with Crippen molar-refractivity contribution in [1.29, 1.82) is 0 Å². The molecule has 3 aromatic rings. The second-order valence-electron chi connectivity index (χ2n) is 9.22. The van der Waals surface area contributed by atoms with Crippen LogP contribution in [0.15, 0.2) is 58.8 Å². The molecule has 0 radical (unpaired) electrons. The summed E-state index contributed by atoms with van der Waals surface area (Å²) in [5.41, 5.74) is 1.65. The Bertz CT molecular complexity index is 1370. The van der Waals surface area contributed by atoms with Crippen molar-refractivity contribution in [3.05, 3.63) is 64.4 Å². The van der Waals surface area contributed by atoms with E-state index in [-0.39, 0.29) is 10.8 Å². The lowest BCUT2D eigenvalue weighted by molar-refractivity contribution is -0.130. The first-order chi connectivity index (χ1) is 18.8. The summed E-state index contributed by atoms with van der Waals surface area (Å²) in [6.07, 6.45) is 0.922. The molecule has 1 aromatic heterocycles. The van der Waals surface area contributed by atoms with Gasteiger partial charge in [-0.15, -0.1) is 11.3 Å². The van der Waals surface area contributed by atoms with Gasteiger partial charge in [-0.2, -0.15) is 0 Å². The Kier molecular flexibility index (Phi) is 9.36. The van der Waals surface area contributed by atoms with E-state index in [1.807, 2.05) is 40.6 Å². The van der Waals surface area contributed by atoms with Crippen molar-refractivity contribution in [1.82, 2.24) is 9.21 Å². The van der Waals surface area contributed by atoms with Crippen molar-refractivity contribution in [3.63, 3.8) is 0 Å². The first-order valence-corrected chi connectivity index (χ1v) is 15.0. The summed E-state index contributed by atoms with van der Waals surface area (Å²) < 4.78 is 44.5. The number of rotatable bonds is 11. The van der Waals surface area contributed by atoms with E-state index in [1.54, 1.807) is 57.9 Å². The van der Waals surface area contributed by atoms with Crippen LogP contribution < -0.4 is 19.1 Å². The quantitative estimate of drug-likeness (QED) is 0.347. The number of hydrogen-bond acceptors (Lipinski definition) is 8. The van der Waals surface area contributed by atoms with Gasteiger partial charge in [-0.3, -0.25) is 4.79 Å². The molecular formula is C28H35N3O6S2. The topological polar surface area (TPSA) is 88.6 Å². The number of piperazine rings is 1. The third-order valence-electron chi connectivity index (χ3n) is 6.90. The fraction of sp³-hybridized carbons (Fsp3) is 0.393. The zero-order valence-corrected chi connectivity index (χ0v) is 24.4. The van der Waals surface area contributed by atoms with Crippen LogP contribution in [-0.4, -0.2) is 84.6 Å². The maximum absolute atomic E-state index is 13.5. The summed E-state index contributed by atoms with van der Waals surface area (Å²) >= 11 is 1.58. The zero-order chi connectivity index (χ0) is 28.0. The van der Waals surface area contributed by atoms with Gasteiger partial charge in [0.2, 0.25) is 15.9 Å². The molecule has 1 fully saturated rings. The third-order valence-corrected chi connectivity index (χ3v) is 9.63. The third kappa shape index (κ3) is 6.66. The molecule has 2 heterocycles. The predicted octanol–water partition coefficient (Wildman–Crippen LogP) is 3.53. The van der Waals surface area contributed by atoms with Crippen LogP contribution in [0, 0.1) is 0 Å². The molecule has 0 saturated carbocycles. The minimum atomic E-state index is -3.75. The Balaban J connectivity index is 1.43. The van der Waals surface area contributed by atoms with Crippen LogP contribution in [0.25, 0.3) is 0 Å². The molecule has 210 valence electrons. The van der Waals surface area contributed by atoms with Crippen molar-refractivity contribution < 1.29 is 27.4 Å². The first kappa shape index (κ1) is 28.7. The van der Waals surface area contributed by atoms with Crippen LogP contribution in [-0.2, 0) is 27.7 Å². The normalized spacial score (nSPS) is 14.0.